The van der Waals surface area contributed by atoms with Crippen LogP contribution < -0.4 is 0 Å². The second-order valence-corrected chi connectivity index (χ2v) is 7.36. The second kappa shape index (κ2) is 11.6. The smallest absolute Gasteiger partial charge is 0.303 e. The van der Waals surface area contributed by atoms with Crippen molar-refractivity contribution in [1.82, 2.24) is 0 Å². The van der Waals surface area contributed by atoms with Gasteiger partial charge < -0.3 is 33.5 Å². The third-order valence-corrected chi connectivity index (χ3v) is 4.53. The lowest BCUT2D eigenvalue weighted by molar-refractivity contribution is -0.288. The summed E-state index contributed by atoms with van der Waals surface area (Å²) in [5.41, 5.74) is -2.41. The minimum atomic E-state index is -2.41. The molecule has 1 aliphatic carbocycles. The van der Waals surface area contributed by atoms with E-state index in [1.54, 1.807) is 0 Å². The van der Waals surface area contributed by atoms with Crippen molar-refractivity contribution in [2.45, 2.75) is 84.1 Å². The van der Waals surface area contributed by atoms with Crippen LogP contribution in [0.25, 0.3) is 0 Å². The minimum absolute atomic E-state index is 0.445. The Kier molecular flexibility index (Phi) is 9.77. The summed E-state index contributed by atoms with van der Waals surface area (Å²) in [4.78, 5) is 70.4. The van der Waals surface area contributed by atoms with Gasteiger partial charge in [0.2, 0.25) is 0 Å². The first-order valence-electron chi connectivity index (χ1n) is 9.90. The molecule has 0 amide bonds. The van der Waals surface area contributed by atoms with Crippen LogP contribution in [0.15, 0.2) is 0 Å². The molecule has 0 saturated heterocycles. The number of carbonyl (C=O) groups is 6. The number of hydrogen-bond donors (Lipinski definition) is 1. The molecule has 1 saturated carbocycles. The maximum absolute atomic E-state index is 11.9. The van der Waals surface area contributed by atoms with E-state index >= 15 is 0 Å². The zero-order valence-electron chi connectivity index (χ0n) is 19.1. The van der Waals surface area contributed by atoms with Crippen molar-refractivity contribution < 1.29 is 62.3 Å². The topological polar surface area (TPSA) is 178 Å². The lowest BCUT2D eigenvalue weighted by Crippen LogP contribution is -2.74. The Morgan fingerprint density at radius 1 is 0.576 bits per heavy atom. The fourth-order valence-corrected chi connectivity index (χ4v) is 3.57. The highest BCUT2D eigenvalue weighted by Gasteiger charge is 2.66. The number of esters is 6. The summed E-state index contributed by atoms with van der Waals surface area (Å²) in [7, 11) is 0. The van der Waals surface area contributed by atoms with E-state index in [4.69, 9.17) is 28.4 Å². The van der Waals surface area contributed by atoms with Gasteiger partial charge in [0, 0.05) is 48.0 Å². The average molecular weight is 476 g/mol. The SMILES string of the molecule is CC(=O)OCC[C@]1(O)C(OC(C)=O)C(OC(C)=O)[C@H](OC(C)=O)C(OC(C)=O)[C@@H]1OC(C)=O. The standard InChI is InChI=1S/C20H28O13/c1-9(21)28-8-7-20(27)18(32-13(5)25)16(30-11(3)23)15(29-10(2)22)17(31-12(4)24)19(20)33-14(6)26/h15-19,27H,7-8H2,1-6H3/t15-,16?,17?,18+,19?,20-/m1/s1. The quantitative estimate of drug-likeness (QED) is 0.345. The molecule has 1 N–H and O–H groups in total. The molecule has 13 nitrogen and oxygen atoms in total. The molecule has 0 radical (unpaired) electrons. The summed E-state index contributed by atoms with van der Waals surface area (Å²) < 4.78 is 30.9. The summed E-state index contributed by atoms with van der Waals surface area (Å²) in [6.07, 6.45) is -9.09. The molecule has 33 heavy (non-hydrogen) atoms. The molecular weight excluding hydrogens is 448 g/mol. The fraction of sp³-hybridized carbons (Fsp3) is 0.700. The van der Waals surface area contributed by atoms with Crippen LogP contribution in [0, 0.1) is 0 Å². The summed E-state index contributed by atoms with van der Waals surface area (Å²) in [6, 6.07) is 0. The third-order valence-electron chi connectivity index (χ3n) is 4.53. The van der Waals surface area contributed by atoms with Gasteiger partial charge >= 0.3 is 35.8 Å². The van der Waals surface area contributed by atoms with E-state index in [0.29, 0.717) is 0 Å². The number of carbonyl (C=O) groups excluding carboxylic acids is 6. The Bertz CT molecular complexity index is 745. The molecule has 13 heteroatoms. The van der Waals surface area contributed by atoms with Crippen molar-refractivity contribution in [1.29, 1.82) is 0 Å². The Balaban J connectivity index is 3.75. The number of aliphatic hydroxyl groups is 1. The van der Waals surface area contributed by atoms with Crippen molar-refractivity contribution >= 4 is 35.8 Å². The van der Waals surface area contributed by atoms with Gasteiger partial charge in [0.15, 0.2) is 30.5 Å². The number of ether oxygens (including phenoxy) is 6. The first kappa shape index (κ1) is 27.8. The molecule has 3 unspecified atom stereocenters. The molecule has 0 spiro atoms. The second-order valence-electron chi connectivity index (χ2n) is 7.36. The minimum Gasteiger partial charge on any atom is -0.466 e. The van der Waals surface area contributed by atoms with Gasteiger partial charge in [-0.3, -0.25) is 28.8 Å². The predicted octanol–water partition coefficient (Wildman–Crippen LogP) is -0.657. The van der Waals surface area contributed by atoms with Crippen molar-refractivity contribution in [2.24, 2.45) is 0 Å². The van der Waals surface area contributed by atoms with Gasteiger partial charge in [-0.1, -0.05) is 0 Å². The van der Waals surface area contributed by atoms with Crippen molar-refractivity contribution in [3.05, 3.63) is 0 Å². The fourth-order valence-electron chi connectivity index (χ4n) is 3.57. The normalized spacial score (nSPS) is 28.6. The van der Waals surface area contributed by atoms with Crippen LogP contribution in [0.2, 0.25) is 0 Å². The summed E-state index contributed by atoms with van der Waals surface area (Å²) >= 11 is 0. The summed E-state index contributed by atoms with van der Waals surface area (Å²) in [5, 5.41) is 11.7. The number of rotatable bonds is 8. The zero-order valence-corrected chi connectivity index (χ0v) is 19.1. The van der Waals surface area contributed by atoms with Crippen LogP contribution in [0.5, 0.6) is 0 Å². The van der Waals surface area contributed by atoms with Gasteiger partial charge in [0.1, 0.15) is 5.60 Å². The molecule has 0 aromatic rings. The van der Waals surface area contributed by atoms with Crippen molar-refractivity contribution in [3.8, 4) is 0 Å². The van der Waals surface area contributed by atoms with Gasteiger partial charge in [-0.25, -0.2) is 0 Å². The molecule has 6 atom stereocenters. The Morgan fingerprint density at radius 3 is 1.21 bits per heavy atom. The Labute approximate surface area is 189 Å². The molecule has 0 heterocycles. The largest absolute Gasteiger partial charge is 0.466 e. The molecule has 186 valence electrons. The molecule has 0 bridgehead atoms. The van der Waals surface area contributed by atoms with Crippen molar-refractivity contribution in [2.75, 3.05) is 6.61 Å². The molecule has 0 aromatic heterocycles. The van der Waals surface area contributed by atoms with E-state index < -0.39 is 85.0 Å². The molecule has 1 fully saturated rings. The highest BCUT2D eigenvalue weighted by atomic mass is 16.7. The van der Waals surface area contributed by atoms with Crippen LogP contribution in [0.4, 0.5) is 0 Å². The first-order valence-corrected chi connectivity index (χ1v) is 9.90. The first-order chi connectivity index (χ1) is 15.2. The van der Waals surface area contributed by atoms with E-state index in [-0.39, 0.29) is 0 Å². The lowest BCUT2D eigenvalue weighted by atomic mass is 9.72. The number of hydrogen-bond acceptors (Lipinski definition) is 13. The zero-order chi connectivity index (χ0) is 25.5. The lowest BCUT2D eigenvalue weighted by Gasteiger charge is -2.52. The molecular formula is C20H28O13. The predicted molar refractivity (Wildman–Crippen MR) is 104 cm³/mol. The highest BCUT2D eigenvalue weighted by molar-refractivity contribution is 5.70. The summed E-state index contributed by atoms with van der Waals surface area (Å²) in [6.45, 7) is 5.68. The van der Waals surface area contributed by atoms with Crippen LogP contribution >= 0.6 is 0 Å². The van der Waals surface area contributed by atoms with Gasteiger partial charge in [-0.15, -0.1) is 0 Å². The van der Waals surface area contributed by atoms with E-state index in [2.05, 4.69) is 0 Å². The third kappa shape index (κ3) is 7.70. The van der Waals surface area contributed by atoms with Crippen molar-refractivity contribution in [3.63, 3.8) is 0 Å². The van der Waals surface area contributed by atoms with Gasteiger partial charge in [0.25, 0.3) is 0 Å². The maximum atomic E-state index is 11.9. The molecule has 0 aliphatic heterocycles. The van der Waals surface area contributed by atoms with Crippen LogP contribution in [-0.4, -0.2) is 83.7 Å². The average Bonchev–Trinajstić information content (AvgIpc) is 2.63. The summed E-state index contributed by atoms with van der Waals surface area (Å²) in [5.74, 6) is -5.29. The Hall–Kier alpha value is -3.22. The van der Waals surface area contributed by atoms with E-state index in [1.165, 1.54) is 0 Å². The van der Waals surface area contributed by atoms with E-state index in [0.717, 1.165) is 41.5 Å². The molecule has 1 aliphatic rings. The monoisotopic (exact) mass is 476 g/mol. The van der Waals surface area contributed by atoms with Crippen LogP contribution in [-0.2, 0) is 57.2 Å². The van der Waals surface area contributed by atoms with Gasteiger partial charge in [0.05, 0.1) is 6.61 Å². The van der Waals surface area contributed by atoms with E-state index in [9.17, 15) is 33.9 Å². The van der Waals surface area contributed by atoms with Gasteiger partial charge in [-0.2, -0.15) is 0 Å². The van der Waals surface area contributed by atoms with E-state index in [1.807, 2.05) is 0 Å². The molecule has 0 aromatic carbocycles. The maximum Gasteiger partial charge on any atom is 0.303 e. The van der Waals surface area contributed by atoms with Crippen LogP contribution in [0.3, 0.4) is 0 Å². The Morgan fingerprint density at radius 2 is 0.909 bits per heavy atom. The van der Waals surface area contributed by atoms with Gasteiger partial charge in [-0.05, 0) is 0 Å². The van der Waals surface area contributed by atoms with Crippen LogP contribution in [0.1, 0.15) is 48.0 Å². The molecule has 1 rings (SSSR count). The highest BCUT2D eigenvalue weighted by Crippen LogP contribution is 2.41.